The van der Waals surface area contributed by atoms with E-state index in [9.17, 15) is 0 Å². The van der Waals surface area contributed by atoms with Gasteiger partial charge in [0, 0.05) is 0 Å². The molecule has 0 aliphatic rings. The summed E-state index contributed by atoms with van der Waals surface area (Å²) in [7, 11) is 0. The third kappa shape index (κ3) is 2.20. The largest absolute Gasteiger partial charge is 0.281 e. The Morgan fingerprint density at radius 1 is 2.00 bits per heavy atom. The molecular weight excluding hydrogens is 101 g/mol. The number of alkyl halides is 1. The van der Waals surface area contributed by atoms with Gasteiger partial charge in [0.25, 0.3) is 0 Å². The first-order valence-electron chi connectivity index (χ1n) is 1.43. The predicted molar refractivity (Wildman–Crippen MR) is 25.1 cm³/mol. The molecule has 2 nitrogen and oxygen atoms in total. The molecule has 0 aromatic rings. The third-order valence-corrected chi connectivity index (χ3v) is 0.596. The summed E-state index contributed by atoms with van der Waals surface area (Å²) in [5, 5.41) is 0. The maximum atomic E-state index is 5.18. The van der Waals surface area contributed by atoms with E-state index in [-0.39, 0.29) is 0 Å². The molecule has 6 heavy (non-hydrogen) atoms. The second-order valence-electron chi connectivity index (χ2n) is 0.723. The molecule has 0 unspecified atom stereocenters. The van der Waals surface area contributed by atoms with Gasteiger partial charge in [-0.25, -0.2) is 5.90 Å². The Labute approximate surface area is 41.5 Å². The van der Waals surface area contributed by atoms with Crippen molar-refractivity contribution in [3.05, 3.63) is 12.7 Å². The van der Waals surface area contributed by atoms with Gasteiger partial charge in [0.15, 0.2) is 5.56 Å². The molecule has 0 aromatic heterocycles. The summed E-state index contributed by atoms with van der Waals surface area (Å²) in [6, 6.07) is 0. The van der Waals surface area contributed by atoms with Gasteiger partial charge in [0.1, 0.15) is 0 Å². The smallest absolute Gasteiger partial charge is 0.170 e. The minimum atomic E-state index is -0.551. The molecule has 0 spiro atoms. The fourth-order valence-corrected chi connectivity index (χ4v) is 0.0556. The van der Waals surface area contributed by atoms with Crippen LogP contribution in [0.1, 0.15) is 0 Å². The molecular formula is C3H6ClNO. The van der Waals surface area contributed by atoms with Crippen LogP contribution in [0.15, 0.2) is 12.7 Å². The van der Waals surface area contributed by atoms with Crippen LogP contribution in [-0.4, -0.2) is 5.56 Å². The fourth-order valence-electron chi connectivity index (χ4n) is 0.0556. The van der Waals surface area contributed by atoms with E-state index < -0.39 is 5.56 Å². The van der Waals surface area contributed by atoms with Gasteiger partial charge in [0.2, 0.25) is 0 Å². The number of hydrogen-bond donors (Lipinski definition) is 1. The molecule has 1 atom stereocenters. The molecule has 3 heteroatoms. The topological polar surface area (TPSA) is 35.2 Å². The summed E-state index contributed by atoms with van der Waals surface area (Å²) in [5.74, 6) is 4.58. The van der Waals surface area contributed by atoms with Gasteiger partial charge in [0.05, 0.1) is 0 Å². The van der Waals surface area contributed by atoms with E-state index >= 15 is 0 Å². The molecule has 0 saturated carbocycles. The van der Waals surface area contributed by atoms with Crippen LogP contribution in [0.25, 0.3) is 0 Å². The van der Waals surface area contributed by atoms with Crippen molar-refractivity contribution in [3.63, 3.8) is 0 Å². The van der Waals surface area contributed by atoms with Crippen LogP contribution in [0.2, 0.25) is 0 Å². The van der Waals surface area contributed by atoms with Crippen LogP contribution in [0.4, 0.5) is 0 Å². The number of halogens is 1. The Morgan fingerprint density at radius 3 is 2.50 bits per heavy atom. The monoisotopic (exact) mass is 107 g/mol. The Hall–Kier alpha value is -0.0500. The highest BCUT2D eigenvalue weighted by molar-refractivity contribution is 6.20. The molecule has 2 N–H and O–H groups in total. The second-order valence-corrected chi connectivity index (χ2v) is 1.15. The van der Waals surface area contributed by atoms with Crippen LogP contribution in [0.5, 0.6) is 0 Å². The minimum Gasteiger partial charge on any atom is -0.281 e. The van der Waals surface area contributed by atoms with E-state index in [0.29, 0.717) is 0 Å². The highest BCUT2D eigenvalue weighted by atomic mass is 35.5. The van der Waals surface area contributed by atoms with Crippen molar-refractivity contribution < 1.29 is 4.84 Å². The lowest BCUT2D eigenvalue weighted by Crippen LogP contribution is -2.05. The van der Waals surface area contributed by atoms with Crippen molar-refractivity contribution in [2.75, 3.05) is 0 Å². The second kappa shape index (κ2) is 3.15. The summed E-state index contributed by atoms with van der Waals surface area (Å²) >= 11 is 5.18. The highest BCUT2D eigenvalue weighted by Crippen LogP contribution is 1.91. The third-order valence-electron chi connectivity index (χ3n) is 0.315. The van der Waals surface area contributed by atoms with Gasteiger partial charge in [-0.05, 0) is 6.08 Å². The molecule has 0 heterocycles. The maximum absolute atomic E-state index is 5.18. The van der Waals surface area contributed by atoms with Crippen LogP contribution < -0.4 is 5.90 Å². The Morgan fingerprint density at radius 2 is 2.50 bits per heavy atom. The lowest BCUT2D eigenvalue weighted by atomic mass is 10.7. The SMILES string of the molecule is C=C[C@H](Cl)ON. The molecule has 0 radical (unpaired) electrons. The Bertz CT molecular complexity index is 48.1. The molecule has 0 saturated heterocycles. The Kier molecular flexibility index (Phi) is 3.13. The average Bonchev–Trinajstić information content (AvgIpc) is 1.65. The van der Waals surface area contributed by atoms with Crippen LogP contribution in [-0.2, 0) is 4.84 Å². The minimum absolute atomic E-state index is 0.551. The lowest BCUT2D eigenvalue weighted by molar-refractivity contribution is 0.140. The van der Waals surface area contributed by atoms with Crippen molar-refractivity contribution in [1.29, 1.82) is 0 Å². The summed E-state index contributed by atoms with van der Waals surface area (Å²) in [4.78, 5) is 4.05. The maximum Gasteiger partial charge on any atom is 0.170 e. The fraction of sp³-hybridized carbons (Fsp3) is 0.333. The van der Waals surface area contributed by atoms with E-state index in [1.807, 2.05) is 0 Å². The van der Waals surface area contributed by atoms with Gasteiger partial charge < -0.3 is 0 Å². The van der Waals surface area contributed by atoms with Gasteiger partial charge in [-0.1, -0.05) is 18.2 Å². The van der Waals surface area contributed by atoms with E-state index in [1.165, 1.54) is 6.08 Å². The molecule has 0 aromatic carbocycles. The quantitative estimate of drug-likeness (QED) is 0.319. The van der Waals surface area contributed by atoms with Crippen molar-refractivity contribution in [2.45, 2.75) is 5.56 Å². The van der Waals surface area contributed by atoms with Crippen molar-refractivity contribution in [1.82, 2.24) is 0 Å². The first kappa shape index (κ1) is 5.95. The summed E-state index contributed by atoms with van der Waals surface area (Å²) < 4.78 is 0. The number of rotatable bonds is 2. The zero-order valence-electron chi connectivity index (χ0n) is 3.23. The van der Waals surface area contributed by atoms with Gasteiger partial charge >= 0.3 is 0 Å². The molecule has 0 fully saturated rings. The standard InChI is InChI=1S/C3H6ClNO/c1-2-3(4)6-5/h2-3H,1,5H2/t3-/m1/s1. The zero-order valence-corrected chi connectivity index (χ0v) is 3.98. The first-order chi connectivity index (χ1) is 2.81. The molecule has 0 aliphatic carbocycles. The molecule has 0 bridgehead atoms. The van der Waals surface area contributed by atoms with Crippen LogP contribution in [0, 0.1) is 0 Å². The van der Waals surface area contributed by atoms with E-state index in [1.54, 1.807) is 0 Å². The van der Waals surface area contributed by atoms with E-state index in [4.69, 9.17) is 11.6 Å². The van der Waals surface area contributed by atoms with Crippen molar-refractivity contribution >= 4 is 11.6 Å². The van der Waals surface area contributed by atoms with E-state index in [0.717, 1.165) is 0 Å². The summed E-state index contributed by atoms with van der Waals surface area (Å²) in [6.45, 7) is 3.29. The molecule has 0 amide bonds. The van der Waals surface area contributed by atoms with Gasteiger partial charge in [-0.2, -0.15) is 0 Å². The molecule has 0 rings (SSSR count). The van der Waals surface area contributed by atoms with Crippen LogP contribution >= 0.6 is 11.6 Å². The summed E-state index contributed by atoms with van der Waals surface area (Å²) in [5.41, 5.74) is -0.551. The van der Waals surface area contributed by atoms with E-state index in [2.05, 4.69) is 17.3 Å². The normalized spacial score (nSPS) is 13.7. The zero-order chi connectivity index (χ0) is 4.99. The summed E-state index contributed by atoms with van der Waals surface area (Å²) in [6.07, 6.45) is 1.39. The van der Waals surface area contributed by atoms with Crippen molar-refractivity contribution in [2.24, 2.45) is 5.90 Å². The van der Waals surface area contributed by atoms with Crippen LogP contribution in [0.3, 0.4) is 0 Å². The van der Waals surface area contributed by atoms with Gasteiger partial charge in [-0.15, -0.1) is 0 Å². The molecule has 36 valence electrons. The van der Waals surface area contributed by atoms with Gasteiger partial charge in [-0.3, -0.25) is 4.84 Å². The average molecular weight is 108 g/mol. The first-order valence-corrected chi connectivity index (χ1v) is 1.87. The van der Waals surface area contributed by atoms with Crippen molar-refractivity contribution in [3.8, 4) is 0 Å². The number of nitrogens with two attached hydrogens (primary N) is 1. The predicted octanol–water partition coefficient (Wildman–Crippen LogP) is 0.628. The Balaban J connectivity index is 2.96. The highest BCUT2D eigenvalue weighted by Gasteiger charge is 1.88. The number of hydrogen-bond acceptors (Lipinski definition) is 2. The molecule has 0 aliphatic heterocycles. The lowest BCUT2D eigenvalue weighted by Gasteiger charge is -1.93.